The Morgan fingerprint density at radius 1 is 1.15 bits per heavy atom. The highest BCUT2D eigenvalue weighted by Crippen LogP contribution is 2.35. The molecule has 0 radical (unpaired) electrons. The first-order chi connectivity index (χ1) is 9.65. The van der Waals surface area contributed by atoms with Crippen molar-refractivity contribution >= 4 is 11.6 Å². The van der Waals surface area contributed by atoms with E-state index in [4.69, 9.17) is 5.73 Å². The number of nitrogens with two attached hydrogens (primary N) is 1. The minimum atomic E-state index is -0.114. The van der Waals surface area contributed by atoms with E-state index >= 15 is 0 Å². The summed E-state index contributed by atoms with van der Waals surface area (Å²) in [5, 5.41) is 2.83. The fourth-order valence-corrected chi connectivity index (χ4v) is 2.16. The second kappa shape index (κ2) is 5.06. The molecule has 1 aromatic carbocycles. The van der Waals surface area contributed by atoms with Crippen LogP contribution < -0.4 is 11.1 Å². The lowest BCUT2D eigenvalue weighted by molar-refractivity contribution is 0.102. The Morgan fingerprint density at radius 2 is 1.80 bits per heavy atom. The van der Waals surface area contributed by atoms with Crippen LogP contribution in [0.4, 0.5) is 5.69 Å². The van der Waals surface area contributed by atoms with Gasteiger partial charge in [0.05, 0.1) is 0 Å². The largest absolute Gasteiger partial charge is 0.325 e. The van der Waals surface area contributed by atoms with E-state index < -0.39 is 0 Å². The summed E-state index contributed by atoms with van der Waals surface area (Å²) in [5.41, 5.74) is 8.67. The van der Waals surface area contributed by atoms with E-state index in [9.17, 15) is 4.79 Å². The van der Waals surface area contributed by atoms with Crippen molar-refractivity contribution < 1.29 is 4.79 Å². The minimum Gasteiger partial charge on any atom is -0.325 e. The van der Waals surface area contributed by atoms with Crippen LogP contribution in [0.3, 0.4) is 0 Å². The zero-order valence-corrected chi connectivity index (χ0v) is 11.2. The van der Waals surface area contributed by atoms with Crippen LogP contribution in [0, 0.1) is 0 Å². The van der Waals surface area contributed by atoms with Crippen molar-refractivity contribution in [3.8, 4) is 0 Å². The van der Waals surface area contributed by atoms with Crippen molar-refractivity contribution in [2.75, 3.05) is 5.32 Å². The van der Waals surface area contributed by atoms with Gasteiger partial charge in [0.25, 0.3) is 5.91 Å². The van der Waals surface area contributed by atoms with Crippen molar-refractivity contribution in [1.29, 1.82) is 0 Å². The van der Waals surface area contributed by atoms with Crippen LogP contribution in [0.15, 0.2) is 48.8 Å². The van der Waals surface area contributed by atoms with Gasteiger partial charge in [0.1, 0.15) is 0 Å². The Kier molecular flexibility index (Phi) is 3.24. The number of nitrogens with one attached hydrogen (secondary N) is 1. The Hall–Kier alpha value is -2.20. The number of pyridine rings is 1. The molecule has 102 valence electrons. The molecule has 0 saturated heterocycles. The third kappa shape index (κ3) is 3.03. The number of carbonyl (C=O) groups is 1. The number of rotatable bonds is 4. The van der Waals surface area contributed by atoms with Crippen molar-refractivity contribution in [2.45, 2.75) is 24.8 Å². The van der Waals surface area contributed by atoms with E-state index in [0.717, 1.165) is 24.9 Å². The van der Waals surface area contributed by atoms with Gasteiger partial charge in [0.15, 0.2) is 0 Å². The molecule has 0 atom stereocenters. The molecule has 1 amide bonds. The van der Waals surface area contributed by atoms with E-state index in [-0.39, 0.29) is 11.4 Å². The fraction of sp³-hybridized carbons (Fsp3) is 0.250. The molecule has 0 spiro atoms. The maximum Gasteiger partial charge on any atom is 0.255 e. The van der Waals surface area contributed by atoms with E-state index in [1.165, 1.54) is 5.56 Å². The molecule has 1 aliphatic rings. The lowest BCUT2D eigenvalue weighted by Crippen LogP contribution is -2.24. The van der Waals surface area contributed by atoms with Crippen LogP contribution in [0.25, 0.3) is 0 Å². The average molecular weight is 267 g/mol. The summed E-state index contributed by atoms with van der Waals surface area (Å²) < 4.78 is 0. The van der Waals surface area contributed by atoms with Gasteiger partial charge in [0, 0.05) is 29.2 Å². The maximum atomic E-state index is 12.1. The SMILES string of the molecule is NC1(Cc2ccc(C(=O)Nc3ccncc3)cc2)CC1. The van der Waals surface area contributed by atoms with Crippen molar-refractivity contribution in [2.24, 2.45) is 5.73 Å². The Morgan fingerprint density at radius 3 is 2.40 bits per heavy atom. The molecule has 3 N–H and O–H groups in total. The molecule has 3 rings (SSSR count). The second-order valence-electron chi connectivity index (χ2n) is 5.43. The van der Waals surface area contributed by atoms with Gasteiger partial charge in [-0.2, -0.15) is 0 Å². The number of hydrogen-bond donors (Lipinski definition) is 2. The van der Waals surface area contributed by atoms with E-state index in [1.54, 1.807) is 24.5 Å². The molecular formula is C16H17N3O. The van der Waals surface area contributed by atoms with Crippen LogP contribution in [0.2, 0.25) is 0 Å². The van der Waals surface area contributed by atoms with Gasteiger partial charge in [-0.25, -0.2) is 0 Å². The van der Waals surface area contributed by atoms with Crippen LogP contribution in [-0.2, 0) is 6.42 Å². The Labute approximate surface area is 118 Å². The lowest BCUT2D eigenvalue weighted by atomic mass is 10.0. The predicted molar refractivity (Wildman–Crippen MR) is 78.5 cm³/mol. The molecule has 0 unspecified atom stereocenters. The Bertz CT molecular complexity index is 603. The number of anilines is 1. The topological polar surface area (TPSA) is 68.0 Å². The van der Waals surface area contributed by atoms with Crippen LogP contribution in [0.5, 0.6) is 0 Å². The zero-order valence-electron chi connectivity index (χ0n) is 11.2. The van der Waals surface area contributed by atoms with Crippen LogP contribution >= 0.6 is 0 Å². The van der Waals surface area contributed by atoms with Crippen molar-refractivity contribution in [1.82, 2.24) is 4.98 Å². The predicted octanol–water partition coefficient (Wildman–Crippen LogP) is 2.37. The number of benzene rings is 1. The molecule has 0 aliphatic heterocycles. The monoisotopic (exact) mass is 267 g/mol. The first-order valence-electron chi connectivity index (χ1n) is 6.74. The third-order valence-corrected chi connectivity index (χ3v) is 3.60. The van der Waals surface area contributed by atoms with Gasteiger partial charge in [-0.05, 0) is 49.1 Å². The highest BCUT2D eigenvalue weighted by Gasteiger charge is 2.37. The van der Waals surface area contributed by atoms with Gasteiger partial charge in [0.2, 0.25) is 0 Å². The quantitative estimate of drug-likeness (QED) is 0.893. The summed E-state index contributed by atoms with van der Waals surface area (Å²) in [5.74, 6) is -0.114. The fourth-order valence-electron chi connectivity index (χ4n) is 2.16. The number of nitrogens with zero attached hydrogens (tertiary/aromatic N) is 1. The molecule has 4 heteroatoms. The highest BCUT2D eigenvalue weighted by molar-refractivity contribution is 6.04. The molecule has 20 heavy (non-hydrogen) atoms. The molecule has 1 fully saturated rings. The first kappa shape index (κ1) is 12.8. The molecule has 1 aliphatic carbocycles. The van der Waals surface area contributed by atoms with E-state index in [0.29, 0.717) is 5.56 Å². The molecular weight excluding hydrogens is 250 g/mol. The lowest BCUT2D eigenvalue weighted by Gasteiger charge is -2.09. The maximum absolute atomic E-state index is 12.1. The van der Waals surface area contributed by atoms with Gasteiger partial charge in [-0.3, -0.25) is 9.78 Å². The summed E-state index contributed by atoms with van der Waals surface area (Å²) in [6.45, 7) is 0. The van der Waals surface area contributed by atoms with E-state index in [2.05, 4.69) is 10.3 Å². The van der Waals surface area contributed by atoms with E-state index in [1.807, 2.05) is 24.3 Å². The molecule has 1 heterocycles. The summed E-state index contributed by atoms with van der Waals surface area (Å²) in [6, 6.07) is 11.2. The van der Waals surface area contributed by atoms with Gasteiger partial charge < -0.3 is 11.1 Å². The molecule has 0 bridgehead atoms. The third-order valence-electron chi connectivity index (χ3n) is 3.60. The van der Waals surface area contributed by atoms with Gasteiger partial charge in [-0.1, -0.05) is 12.1 Å². The van der Waals surface area contributed by atoms with Gasteiger partial charge in [-0.15, -0.1) is 0 Å². The van der Waals surface area contributed by atoms with Crippen LogP contribution in [0.1, 0.15) is 28.8 Å². The Balaban J connectivity index is 1.66. The van der Waals surface area contributed by atoms with Crippen molar-refractivity contribution in [3.05, 3.63) is 59.9 Å². The second-order valence-corrected chi connectivity index (χ2v) is 5.43. The smallest absolute Gasteiger partial charge is 0.255 e. The first-order valence-corrected chi connectivity index (χ1v) is 6.74. The number of carbonyl (C=O) groups excluding carboxylic acids is 1. The summed E-state index contributed by atoms with van der Waals surface area (Å²) in [6.07, 6.45) is 6.37. The average Bonchev–Trinajstić information content (AvgIpc) is 3.18. The van der Waals surface area contributed by atoms with Gasteiger partial charge >= 0.3 is 0 Å². The molecule has 1 aromatic heterocycles. The number of aromatic nitrogens is 1. The molecule has 4 nitrogen and oxygen atoms in total. The number of amides is 1. The normalized spacial score (nSPS) is 15.7. The molecule has 1 saturated carbocycles. The summed E-state index contributed by atoms with van der Waals surface area (Å²) in [7, 11) is 0. The zero-order chi connectivity index (χ0) is 14.0. The highest BCUT2D eigenvalue weighted by atomic mass is 16.1. The summed E-state index contributed by atoms with van der Waals surface area (Å²) in [4.78, 5) is 16.0. The van der Waals surface area contributed by atoms with Crippen LogP contribution in [-0.4, -0.2) is 16.4 Å². The number of hydrogen-bond acceptors (Lipinski definition) is 3. The standard InChI is InChI=1S/C16H17N3O/c17-16(7-8-16)11-12-1-3-13(4-2-12)15(20)19-14-5-9-18-10-6-14/h1-6,9-10H,7-8,11,17H2,(H,18,19,20). The minimum absolute atomic E-state index is 0.000808. The summed E-state index contributed by atoms with van der Waals surface area (Å²) >= 11 is 0. The molecule has 2 aromatic rings. The van der Waals surface area contributed by atoms with Crippen molar-refractivity contribution in [3.63, 3.8) is 0 Å².